The molecule has 2 aliphatic heterocycles. The van der Waals surface area contributed by atoms with E-state index in [1.165, 1.54) is 18.2 Å². The highest BCUT2D eigenvalue weighted by Gasteiger charge is 2.44. The van der Waals surface area contributed by atoms with Crippen LogP contribution in [0.1, 0.15) is 59.2 Å². The Balaban J connectivity index is 1.40. The number of carbonyl (C=O) groups is 5. The molecule has 1 unspecified atom stereocenters. The van der Waals surface area contributed by atoms with Gasteiger partial charge >= 0.3 is 0 Å². The highest BCUT2D eigenvalue weighted by molar-refractivity contribution is 6.23. The molecule has 1 saturated carbocycles. The first-order valence-electron chi connectivity index (χ1n) is 10.7. The lowest BCUT2D eigenvalue weighted by molar-refractivity contribution is -0.136. The largest absolute Gasteiger partial charge is 0.484 e. The average molecular weight is 443 g/mol. The van der Waals surface area contributed by atoms with Gasteiger partial charge in [-0.15, -0.1) is 0 Å². The molecule has 0 bridgehead atoms. The Morgan fingerprint density at radius 1 is 1.09 bits per heavy atom. The average Bonchev–Trinajstić information content (AvgIpc) is 3.02. The minimum atomic E-state index is -1.03. The van der Waals surface area contributed by atoms with Crippen molar-refractivity contribution in [3.63, 3.8) is 0 Å². The number of rotatable bonds is 6. The zero-order valence-electron chi connectivity index (χ0n) is 17.7. The summed E-state index contributed by atoms with van der Waals surface area (Å²) >= 11 is 0. The van der Waals surface area contributed by atoms with E-state index < -0.39 is 29.7 Å². The van der Waals surface area contributed by atoms with Crippen LogP contribution in [-0.4, -0.2) is 66.3 Å². The molecule has 1 saturated heterocycles. The molecule has 3 atom stereocenters. The van der Waals surface area contributed by atoms with Gasteiger partial charge in [-0.3, -0.25) is 34.2 Å². The number of imide groups is 2. The van der Waals surface area contributed by atoms with E-state index in [1.807, 2.05) is 0 Å². The van der Waals surface area contributed by atoms with E-state index in [9.17, 15) is 24.0 Å². The second kappa shape index (κ2) is 9.07. The first-order chi connectivity index (χ1) is 15.4. The van der Waals surface area contributed by atoms with Gasteiger partial charge in [0.2, 0.25) is 11.8 Å². The molecule has 1 aromatic rings. The Morgan fingerprint density at radius 3 is 2.59 bits per heavy atom. The number of amides is 5. The third-order valence-electron chi connectivity index (χ3n) is 6.13. The Labute approximate surface area is 184 Å². The van der Waals surface area contributed by atoms with E-state index in [4.69, 9.17) is 9.47 Å². The van der Waals surface area contributed by atoms with Gasteiger partial charge in [0, 0.05) is 13.5 Å². The van der Waals surface area contributed by atoms with Crippen molar-refractivity contribution in [3.05, 3.63) is 29.3 Å². The molecule has 3 aliphatic rings. The standard InChI is InChI=1S/C22H25N3O7/c1-31-17-5-3-2-4-15(17)23-19(27)11-32-12-6-7-13-14(10-12)22(30)25(21(13)29)16-8-9-18(26)24-20(16)28/h6-7,10,15-17H,2-5,8-9,11H2,1H3,(H,23,27)(H,24,26,28)/t15-,16?,17-/m0/s1. The quantitative estimate of drug-likeness (QED) is 0.614. The number of ether oxygens (including phenoxy) is 2. The Hall–Kier alpha value is -3.27. The van der Waals surface area contributed by atoms with Crippen molar-refractivity contribution in [1.29, 1.82) is 0 Å². The first-order valence-corrected chi connectivity index (χ1v) is 10.7. The van der Waals surface area contributed by atoms with Crippen LogP contribution >= 0.6 is 0 Å². The van der Waals surface area contributed by atoms with Crippen LogP contribution in [0.3, 0.4) is 0 Å². The van der Waals surface area contributed by atoms with Crippen LogP contribution < -0.4 is 15.4 Å². The lowest BCUT2D eigenvalue weighted by Crippen LogP contribution is -2.54. The number of nitrogens with one attached hydrogen (secondary N) is 2. The van der Waals surface area contributed by atoms with Crippen molar-refractivity contribution in [2.75, 3.05) is 13.7 Å². The molecule has 0 spiro atoms. The molecule has 10 nitrogen and oxygen atoms in total. The topological polar surface area (TPSA) is 131 Å². The third-order valence-corrected chi connectivity index (χ3v) is 6.13. The third kappa shape index (κ3) is 4.22. The molecule has 0 aromatic heterocycles. The summed E-state index contributed by atoms with van der Waals surface area (Å²) in [5, 5.41) is 5.08. The van der Waals surface area contributed by atoms with Crippen LogP contribution in [0, 0.1) is 0 Å². The molecule has 5 amide bonds. The number of benzene rings is 1. The van der Waals surface area contributed by atoms with Crippen LogP contribution in [0.5, 0.6) is 5.75 Å². The summed E-state index contributed by atoms with van der Waals surface area (Å²) in [6.45, 7) is -0.245. The van der Waals surface area contributed by atoms with E-state index >= 15 is 0 Å². The molecule has 1 aromatic carbocycles. The summed E-state index contributed by atoms with van der Waals surface area (Å²) in [6.07, 6.45) is 3.95. The number of methoxy groups -OCH3 is 1. The fraction of sp³-hybridized carbons (Fsp3) is 0.500. The smallest absolute Gasteiger partial charge is 0.262 e. The maximum atomic E-state index is 12.8. The van der Waals surface area contributed by atoms with Crippen molar-refractivity contribution in [2.45, 2.75) is 56.7 Å². The number of piperidine rings is 1. The highest BCUT2D eigenvalue weighted by Crippen LogP contribution is 2.30. The van der Waals surface area contributed by atoms with Gasteiger partial charge in [0.05, 0.1) is 23.3 Å². The van der Waals surface area contributed by atoms with Crippen molar-refractivity contribution in [1.82, 2.24) is 15.5 Å². The number of nitrogens with zero attached hydrogens (tertiary/aromatic N) is 1. The van der Waals surface area contributed by atoms with Gasteiger partial charge in [-0.2, -0.15) is 0 Å². The molecule has 170 valence electrons. The summed E-state index contributed by atoms with van der Waals surface area (Å²) in [6, 6.07) is 3.25. The van der Waals surface area contributed by atoms with Crippen molar-refractivity contribution in [2.24, 2.45) is 0 Å². The fourth-order valence-electron chi connectivity index (χ4n) is 4.48. The number of hydrogen-bond acceptors (Lipinski definition) is 7. The molecular weight excluding hydrogens is 418 g/mol. The molecule has 2 fully saturated rings. The van der Waals surface area contributed by atoms with Crippen molar-refractivity contribution >= 4 is 29.5 Å². The predicted octanol–water partition coefficient (Wildman–Crippen LogP) is 0.540. The second-order valence-corrected chi connectivity index (χ2v) is 8.18. The summed E-state index contributed by atoms with van der Waals surface area (Å²) < 4.78 is 11.0. The number of hydrogen-bond donors (Lipinski definition) is 2. The van der Waals surface area contributed by atoms with Gasteiger partial charge in [-0.05, 0) is 37.5 Å². The van der Waals surface area contributed by atoms with E-state index in [-0.39, 0.29) is 54.4 Å². The predicted molar refractivity (Wildman–Crippen MR) is 110 cm³/mol. The van der Waals surface area contributed by atoms with Crippen LogP contribution in [-0.2, 0) is 19.1 Å². The van der Waals surface area contributed by atoms with Crippen LogP contribution in [0.2, 0.25) is 0 Å². The first kappa shape index (κ1) is 21.9. The Morgan fingerprint density at radius 2 is 1.84 bits per heavy atom. The fourth-order valence-corrected chi connectivity index (χ4v) is 4.48. The van der Waals surface area contributed by atoms with Gasteiger partial charge < -0.3 is 14.8 Å². The van der Waals surface area contributed by atoms with E-state index in [0.29, 0.717) is 0 Å². The number of carbonyl (C=O) groups excluding carboxylic acids is 5. The zero-order chi connectivity index (χ0) is 22.8. The molecule has 0 radical (unpaired) electrons. The Bertz CT molecular complexity index is 976. The summed E-state index contributed by atoms with van der Waals surface area (Å²) in [5.41, 5.74) is 0.256. The van der Waals surface area contributed by atoms with E-state index in [2.05, 4.69) is 10.6 Å². The lowest BCUT2D eigenvalue weighted by atomic mass is 9.92. The second-order valence-electron chi connectivity index (χ2n) is 8.18. The van der Waals surface area contributed by atoms with Crippen LogP contribution in [0.25, 0.3) is 0 Å². The molecule has 10 heteroatoms. The molecule has 32 heavy (non-hydrogen) atoms. The minimum absolute atomic E-state index is 0.0189. The normalized spacial score (nSPS) is 25.4. The maximum absolute atomic E-state index is 12.8. The monoisotopic (exact) mass is 443 g/mol. The Kier molecular flexibility index (Phi) is 6.22. The van der Waals surface area contributed by atoms with Crippen LogP contribution in [0.4, 0.5) is 0 Å². The minimum Gasteiger partial charge on any atom is -0.484 e. The summed E-state index contributed by atoms with van der Waals surface area (Å²) in [4.78, 5) is 62.3. The number of fused-ring (bicyclic) bond motifs is 1. The van der Waals surface area contributed by atoms with Gasteiger partial charge in [-0.25, -0.2) is 0 Å². The molecule has 2 heterocycles. The van der Waals surface area contributed by atoms with Gasteiger partial charge in [0.25, 0.3) is 17.7 Å². The molecule has 1 aliphatic carbocycles. The van der Waals surface area contributed by atoms with Gasteiger partial charge in [-0.1, -0.05) is 12.8 Å². The highest BCUT2D eigenvalue weighted by atomic mass is 16.5. The van der Waals surface area contributed by atoms with E-state index in [1.54, 1.807) is 7.11 Å². The van der Waals surface area contributed by atoms with Gasteiger partial charge in [0.15, 0.2) is 6.61 Å². The summed E-state index contributed by atoms with van der Waals surface area (Å²) in [5.74, 6) is -2.35. The SMILES string of the molecule is CO[C@H]1CCCC[C@@H]1NC(=O)COc1ccc2c(c1)C(=O)N(C1CCC(=O)NC1=O)C2=O. The van der Waals surface area contributed by atoms with E-state index in [0.717, 1.165) is 30.6 Å². The molecular formula is C22H25N3O7. The maximum Gasteiger partial charge on any atom is 0.262 e. The zero-order valence-corrected chi connectivity index (χ0v) is 17.7. The van der Waals surface area contributed by atoms with Crippen LogP contribution in [0.15, 0.2) is 18.2 Å². The molecule has 2 N–H and O–H groups in total. The molecule has 4 rings (SSSR count). The van der Waals surface area contributed by atoms with Crippen molar-refractivity contribution < 1.29 is 33.4 Å². The van der Waals surface area contributed by atoms with Crippen molar-refractivity contribution in [3.8, 4) is 5.75 Å². The van der Waals surface area contributed by atoms with Gasteiger partial charge in [0.1, 0.15) is 11.8 Å². The lowest BCUT2D eigenvalue weighted by Gasteiger charge is -2.30. The summed E-state index contributed by atoms with van der Waals surface area (Å²) in [7, 11) is 1.63.